The summed E-state index contributed by atoms with van der Waals surface area (Å²) in [5.41, 5.74) is 15.0. The molecule has 0 aliphatic heterocycles. The minimum atomic E-state index is -0.0849. The van der Waals surface area contributed by atoms with Crippen LogP contribution in [0.2, 0.25) is 0 Å². The van der Waals surface area contributed by atoms with Crippen LogP contribution in [-0.4, -0.2) is 12.6 Å². The molecule has 1 aromatic carbocycles. The van der Waals surface area contributed by atoms with Crippen LogP contribution >= 0.6 is 0 Å². The molecular formula is C9H12N4. The highest BCUT2D eigenvalue weighted by Crippen LogP contribution is 2.01. The van der Waals surface area contributed by atoms with E-state index >= 15 is 0 Å². The van der Waals surface area contributed by atoms with Crippen molar-refractivity contribution >= 4 is 0 Å². The molecule has 1 rings (SSSR count). The number of azide groups is 1. The summed E-state index contributed by atoms with van der Waals surface area (Å²) < 4.78 is 0. The van der Waals surface area contributed by atoms with Crippen LogP contribution in [0.3, 0.4) is 0 Å². The molecule has 1 atom stereocenters. The molecule has 68 valence electrons. The summed E-state index contributed by atoms with van der Waals surface area (Å²) in [6.45, 7) is 0.353. The molecule has 4 nitrogen and oxygen atoms in total. The summed E-state index contributed by atoms with van der Waals surface area (Å²) in [7, 11) is 0. The summed E-state index contributed by atoms with van der Waals surface area (Å²) in [5, 5.41) is 3.42. The molecule has 0 unspecified atom stereocenters. The Kier molecular flexibility index (Phi) is 3.82. The van der Waals surface area contributed by atoms with E-state index in [0.29, 0.717) is 6.54 Å². The molecule has 0 aromatic heterocycles. The van der Waals surface area contributed by atoms with Crippen LogP contribution in [0.25, 0.3) is 10.4 Å². The summed E-state index contributed by atoms with van der Waals surface area (Å²) in [6, 6.07) is 9.83. The van der Waals surface area contributed by atoms with Gasteiger partial charge < -0.3 is 5.73 Å². The van der Waals surface area contributed by atoms with Crippen LogP contribution in [0, 0.1) is 0 Å². The van der Waals surface area contributed by atoms with Gasteiger partial charge >= 0.3 is 0 Å². The van der Waals surface area contributed by atoms with Crippen LogP contribution < -0.4 is 5.73 Å². The number of hydrogen-bond donors (Lipinski definition) is 1. The monoisotopic (exact) mass is 176 g/mol. The van der Waals surface area contributed by atoms with Crippen molar-refractivity contribution in [3.05, 3.63) is 46.3 Å². The van der Waals surface area contributed by atoms with Gasteiger partial charge in [-0.1, -0.05) is 35.4 Å². The number of nitrogens with two attached hydrogens (primary N) is 1. The third-order valence-electron chi connectivity index (χ3n) is 1.72. The second-order valence-corrected chi connectivity index (χ2v) is 2.86. The molecule has 0 spiro atoms. The lowest BCUT2D eigenvalue weighted by Gasteiger charge is -2.07. The van der Waals surface area contributed by atoms with Crippen LogP contribution in [0.4, 0.5) is 0 Å². The molecule has 0 fully saturated rings. The average Bonchev–Trinajstić information content (AvgIpc) is 2.16. The lowest BCUT2D eigenvalue weighted by molar-refractivity contribution is 0.676. The van der Waals surface area contributed by atoms with E-state index in [9.17, 15) is 0 Å². The van der Waals surface area contributed by atoms with Crippen LogP contribution in [0.1, 0.15) is 5.56 Å². The second-order valence-electron chi connectivity index (χ2n) is 2.86. The van der Waals surface area contributed by atoms with Gasteiger partial charge in [0.05, 0.1) is 0 Å². The van der Waals surface area contributed by atoms with Crippen molar-refractivity contribution in [3.8, 4) is 0 Å². The van der Waals surface area contributed by atoms with E-state index in [2.05, 4.69) is 10.0 Å². The molecule has 1 aromatic rings. The zero-order valence-corrected chi connectivity index (χ0v) is 7.30. The Labute approximate surface area is 77.0 Å². The van der Waals surface area contributed by atoms with Gasteiger partial charge in [-0.3, -0.25) is 0 Å². The van der Waals surface area contributed by atoms with Gasteiger partial charge in [-0.05, 0) is 17.5 Å². The first-order valence-corrected chi connectivity index (χ1v) is 4.13. The SMILES string of the molecule is [N-]=[N+]=NC[C@H](N)Cc1ccccc1. The van der Waals surface area contributed by atoms with Crippen molar-refractivity contribution in [3.63, 3.8) is 0 Å². The van der Waals surface area contributed by atoms with Crippen molar-refractivity contribution in [2.24, 2.45) is 10.8 Å². The quantitative estimate of drug-likeness (QED) is 0.424. The Bertz CT molecular complexity index is 290. The smallest absolute Gasteiger partial charge is 0.0413 e. The van der Waals surface area contributed by atoms with E-state index < -0.39 is 0 Å². The van der Waals surface area contributed by atoms with E-state index in [1.165, 1.54) is 5.56 Å². The Morgan fingerprint density at radius 2 is 2.08 bits per heavy atom. The third-order valence-corrected chi connectivity index (χ3v) is 1.72. The highest BCUT2D eigenvalue weighted by molar-refractivity contribution is 5.15. The number of benzene rings is 1. The zero-order valence-electron chi connectivity index (χ0n) is 7.30. The highest BCUT2D eigenvalue weighted by Gasteiger charge is 2.01. The molecule has 0 saturated heterocycles. The lowest BCUT2D eigenvalue weighted by Crippen LogP contribution is -2.25. The summed E-state index contributed by atoms with van der Waals surface area (Å²) >= 11 is 0. The molecule has 13 heavy (non-hydrogen) atoms. The summed E-state index contributed by atoms with van der Waals surface area (Å²) in [6.07, 6.45) is 0.750. The number of hydrogen-bond acceptors (Lipinski definition) is 2. The standard InChI is InChI=1S/C9H12N4/c10-9(7-12-13-11)6-8-4-2-1-3-5-8/h1-5,9H,6-7,10H2/t9-/m1/s1. The maximum absolute atomic E-state index is 8.08. The van der Waals surface area contributed by atoms with Crippen molar-refractivity contribution in [2.45, 2.75) is 12.5 Å². The van der Waals surface area contributed by atoms with E-state index in [1.807, 2.05) is 30.3 Å². The van der Waals surface area contributed by atoms with Gasteiger partial charge in [0.1, 0.15) is 0 Å². The van der Waals surface area contributed by atoms with Gasteiger partial charge in [0.25, 0.3) is 0 Å². The lowest BCUT2D eigenvalue weighted by atomic mass is 10.1. The van der Waals surface area contributed by atoms with Crippen LogP contribution in [0.15, 0.2) is 35.4 Å². The first-order chi connectivity index (χ1) is 6.33. The highest BCUT2D eigenvalue weighted by atomic mass is 15.1. The molecule has 0 aliphatic carbocycles. The van der Waals surface area contributed by atoms with Gasteiger partial charge in [-0.25, -0.2) is 0 Å². The molecule has 0 bridgehead atoms. The second kappa shape index (κ2) is 5.19. The maximum atomic E-state index is 8.08. The Morgan fingerprint density at radius 1 is 1.38 bits per heavy atom. The Hall–Kier alpha value is -1.51. The normalized spacial score (nSPS) is 11.8. The van der Waals surface area contributed by atoms with E-state index in [0.717, 1.165) is 6.42 Å². The van der Waals surface area contributed by atoms with Gasteiger partial charge in [0, 0.05) is 17.5 Å². The van der Waals surface area contributed by atoms with Gasteiger partial charge in [-0.2, -0.15) is 0 Å². The maximum Gasteiger partial charge on any atom is 0.0413 e. The van der Waals surface area contributed by atoms with Crippen molar-refractivity contribution in [1.82, 2.24) is 0 Å². The fraction of sp³-hybridized carbons (Fsp3) is 0.333. The topological polar surface area (TPSA) is 74.8 Å². The van der Waals surface area contributed by atoms with Gasteiger partial charge in [0.15, 0.2) is 0 Å². The van der Waals surface area contributed by atoms with E-state index in [1.54, 1.807) is 0 Å². The van der Waals surface area contributed by atoms with Gasteiger partial charge in [0.2, 0.25) is 0 Å². The Morgan fingerprint density at radius 3 is 2.69 bits per heavy atom. The number of rotatable bonds is 4. The molecule has 2 N–H and O–H groups in total. The fourth-order valence-electron chi connectivity index (χ4n) is 1.12. The average molecular weight is 176 g/mol. The Balaban J connectivity index is 2.45. The first-order valence-electron chi connectivity index (χ1n) is 4.13. The minimum Gasteiger partial charge on any atom is -0.327 e. The molecule has 0 radical (unpaired) electrons. The molecule has 0 saturated carbocycles. The van der Waals surface area contributed by atoms with E-state index in [4.69, 9.17) is 11.3 Å². The van der Waals surface area contributed by atoms with E-state index in [-0.39, 0.29) is 6.04 Å². The predicted molar refractivity (Wildman–Crippen MR) is 52.1 cm³/mol. The fourth-order valence-corrected chi connectivity index (χ4v) is 1.12. The molecule has 4 heteroatoms. The molecule has 0 heterocycles. The zero-order chi connectivity index (χ0) is 9.52. The number of nitrogens with zero attached hydrogens (tertiary/aromatic N) is 3. The molecule has 0 aliphatic rings. The molecular weight excluding hydrogens is 164 g/mol. The minimum absolute atomic E-state index is 0.0849. The predicted octanol–water partition coefficient (Wildman–Crippen LogP) is 1.87. The van der Waals surface area contributed by atoms with Crippen molar-refractivity contribution in [1.29, 1.82) is 0 Å². The first kappa shape index (κ1) is 9.58. The van der Waals surface area contributed by atoms with Crippen LogP contribution in [-0.2, 0) is 6.42 Å². The van der Waals surface area contributed by atoms with Crippen LogP contribution in [0.5, 0.6) is 0 Å². The largest absolute Gasteiger partial charge is 0.327 e. The summed E-state index contributed by atoms with van der Waals surface area (Å²) in [5.74, 6) is 0. The van der Waals surface area contributed by atoms with Gasteiger partial charge in [-0.15, -0.1) is 0 Å². The summed E-state index contributed by atoms with van der Waals surface area (Å²) in [4.78, 5) is 2.66. The molecule has 0 amide bonds. The third kappa shape index (κ3) is 3.60. The van der Waals surface area contributed by atoms with Crippen molar-refractivity contribution in [2.75, 3.05) is 6.54 Å². The van der Waals surface area contributed by atoms with Crippen molar-refractivity contribution < 1.29 is 0 Å².